The number of nitrogens with zero attached hydrogens (tertiary/aromatic N) is 1. The zero-order chi connectivity index (χ0) is 23.7. The summed E-state index contributed by atoms with van der Waals surface area (Å²) in [4.78, 5) is 51.7. The molecule has 4 aromatic rings. The van der Waals surface area contributed by atoms with Gasteiger partial charge in [0, 0.05) is 22.2 Å². The standard InChI is InChI=1S/C27H18N2O5/c30-23(28-19-8-2-1-3-9-19)16-34-27(33)18-12-14-20(15-13-18)29-25(31)21-10-4-6-17-7-5-11-22(24(17)21)26(29)32/h1-15H,16H2,(H,28,30). The predicted molar refractivity (Wildman–Crippen MR) is 127 cm³/mol. The number of para-hydroxylation sites is 1. The second-order valence-electron chi connectivity index (χ2n) is 7.69. The molecule has 7 heteroatoms. The molecule has 4 aromatic carbocycles. The van der Waals surface area contributed by atoms with Gasteiger partial charge in [-0.1, -0.05) is 42.5 Å². The lowest BCUT2D eigenvalue weighted by atomic mass is 9.94. The molecular formula is C27H18N2O5. The first-order valence-corrected chi connectivity index (χ1v) is 10.6. The molecule has 1 N–H and O–H groups in total. The highest BCUT2D eigenvalue weighted by Gasteiger charge is 2.33. The minimum absolute atomic E-state index is 0.190. The number of anilines is 2. The molecule has 0 atom stereocenters. The minimum Gasteiger partial charge on any atom is -0.452 e. The number of carbonyl (C=O) groups is 4. The summed E-state index contributed by atoms with van der Waals surface area (Å²) in [5.41, 5.74) is 2.01. The molecule has 0 unspecified atom stereocenters. The lowest BCUT2D eigenvalue weighted by molar-refractivity contribution is -0.119. The molecular weight excluding hydrogens is 432 g/mol. The molecule has 1 heterocycles. The van der Waals surface area contributed by atoms with Crippen molar-refractivity contribution in [2.75, 3.05) is 16.8 Å². The van der Waals surface area contributed by atoms with Gasteiger partial charge in [-0.2, -0.15) is 0 Å². The molecule has 0 bridgehead atoms. The van der Waals surface area contributed by atoms with Gasteiger partial charge in [0.2, 0.25) is 0 Å². The third kappa shape index (κ3) is 3.80. The Hall–Kier alpha value is -4.78. The van der Waals surface area contributed by atoms with Crippen LogP contribution in [0.4, 0.5) is 11.4 Å². The van der Waals surface area contributed by atoms with Crippen LogP contribution in [0.25, 0.3) is 10.8 Å². The molecule has 3 amide bonds. The van der Waals surface area contributed by atoms with Crippen LogP contribution in [0.5, 0.6) is 0 Å². The SMILES string of the molecule is O=C(COC(=O)c1ccc(N2C(=O)c3cccc4cccc(c34)C2=O)cc1)Nc1ccccc1. The number of rotatable bonds is 5. The van der Waals surface area contributed by atoms with Crippen LogP contribution in [0.3, 0.4) is 0 Å². The van der Waals surface area contributed by atoms with E-state index in [1.54, 1.807) is 48.5 Å². The number of amides is 3. The molecule has 0 saturated heterocycles. The molecule has 0 aliphatic carbocycles. The third-order valence-corrected chi connectivity index (χ3v) is 5.52. The summed E-state index contributed by atoms with van der Waals surface area (Å²) in [6.07, 6.45) is 0. The molecule has 0 saturated carbocycles. The zero-order valence-corrected chi connectivity index (χ0v) is 17.9. The van der Waals surface area contributed by atoms with Crippen LogP contribution in [0.2, 0.25) is 0 Å². The number of imide groups is 1. The normalized spacial score (nSPS) is 12.5. The Balaban J connectivity index is 1.30. The van der Waals surface area contributed by atoms with Crippen molar-refractivity contribution in [1.29, 1.82) is 0 Å². The van der Waals surface area contributed by atoms with E-state index in [0.717, 1.165) is 10.3 Å². The second kappa shape index (κ2) is 8.63. The molecule has 1 aliphatic heterocycles. The Kier molecular flexibility index (Phi) is 5.35. The number of hydrogen-bond donors (Lipinski definition) is 1. The number of benzene rings is 4. The Morgan fingerprint density at radius 1 is 0.735 bits per heavy atom. The van der Waals surface area contributed by atoms with Crippen molar-refractivity contribution in [1.82, 2.24) is 0 Å². The summed E-state index contributed by atoms with van der Waals surface area (Å²) in [5.74, 6) is -2.01. The topological polar surface area (TPSA) is 92.8 Å². The summed E-state index contributed by atoms with van der Waals surface area (Å²) in [6, 6.07) is 25.4. The first-order valence-electron chi connectivity index (χ1n) is 10.6. The van der Waals surface area contributed by atoms with Crippen molar-refractivity contribution < 1.29 is 23.9 Å². The zero-order valence-electron chi connectivity index (χ0n) is 17.9. The van der Waals surface area contributed by atoms with Crippen LogP contribution < -0.4 is 10.2 Å². The fourth-order valence-corrected chi connectivity index (χ4v) is 3.94. The molecule has 1 aliphatic rings. The summed E-state index contributed by atoms with van der Waals surface area (Å²) in [6.45, 7) is -0.445. The van der Waals surface area contributed by atoms with Gasteiger partial charge >= 0.3 is 5.97 Å². The van der Waals surface area contributed by atoms with Crippen molar-refractivity contribution in [3.63, 3.8) is 0 Å². The van der Waals surface area contributed by atoms with Crippen LogP contribution in [0, 0.1) is 0 Å². The fraction of sp³-hybridized carbons (Fsp3) is 0.0370. The summed E-state index contributed by atoms with van der Waals surface area (Å²) < 4.78 is 5.08. The Morgan fingerprint density at radius 3 is 1.97 bits per heavy atom. The highest BCUT2D eigenvalue weighted by Crippen LogP contribution is 2.32. The van der Waals surface area contributed by atoms with Gasteiger partial charge in [0.1, 0.15) is 0 Å². The average Bonchev–Trinajstić information content (AvgIpc) is 2.87. The van der Waals surface area contributed by atoms with Gasteiger partial charge in [0.05, 0.1) is 11.3 Å². The van der Waals surface area contributed by atoms with E-state index in [2.05, 4.69) is 5.32 Å². The van der Waals surface area contributed by atoms with Gasteiger partial charge in [0.25, 0.3) is 17.7 Å². The lowest BCUT2D eigenvalue weighted by Gasteiger charge is -2.27. The first-order chi connectivity index (χ1) is 16.5. The third-order valence-electron chi connectivity index (χ3n) is 5.52. The van der Waals surface area contributed by atoms with Crippen molar-refractivity contribution >= 4 is 45.8 Å². The highest BCUT2D eigenvalue weighted by atomic mass is 16.5. The number of nitrogens with one attached hydrogen (secondary N) is 1. The summed E-state index contributed by atoms with van der Waals surface area (Å²) >= 11 is 0. The Bertz CT molecular complexity index is 1390. The monoisotopic (exact) mass is 450 g/mol. The summed E-state index contributed by atoms with van der Waals surface area (Å²) in [5, 5.41) is 4.10. The largest absolute Gasteiger partial charge is 0.452 e. The minimum atomic E-state index is -0.693. The van der Waals surface area contributed by atoms with Gasteiger partial charge in [0.15, 0.2) is 6.61 Å². The highest BCUT2D eigenvalue weighted by molar-refractivity contribution is 6.35. The number of carbonyl (C=O) groups excluding carboxylic acids is 4. The maximum Gasteiger partial charge on any atom is 0.338 e. The van der Waals surface area contributed by atoms with Crippen molar-refractivity contribution in [2.24, 2.45) is 0 Å². The van der Waals surface area contributed by atoms with Crippen molar-refractivity contribution in [2.45, 2.75) is 0 Å². The molecule has 7 nitrogen and oxygen atoms in total. The predicted octanol–water partition coefficient (Wildman–Crippen LogP) is 4.44. The van der Waals surface area contributed by atoms with Gasteiger partial charge in [-0.15, -0.1) is 0 Å². The first kappa shape index (κ1) is 21.1. The van der Waals surface area contributed by atoms with Gasteiger partial charge < -0.3 is 10.1 Å². The van der Waals surface area contributed by atoms with E-state index in [9.17, 15) is 19.2 Å². The van der Waals surface area contributed by atoms with Crippen LogP contribution >= 0.6 is 0 Å². The number of esters is 1. The lowest BCUT2D eigenvalue weighted by Crippen LogP contribution is -2.40. The average molecular weight is 450 g/mol. The quantitative estimate of drug-likeness (QED) is 0.359. The van der Waals surface area contributed by atoms with Gasteiger partial charge in [-0.3, -0.25) is 14.4 Å². The van der Waals surface area contributed by atoms with Crippen LogP contribution in [0.1, 0.15) is 31.1 Å². The summed E-state index contributed by atoms with van der Waals surface area (Å²) in [7, 11) is 0. The van der Waals surface area contributed by atoms with E-state index in [0.29, 0.717) is 27.9 Å². The Morgan fingerprint density at radius 2 is 1.35 bits per heavy atom. The van der Waals surface area contributed by atoms with Crippen LogP contribution in [-0.4, -0.2) is 30.3 Å². The molecule has 0 spiro atoms. The van der Waals surface area contributed by atoms with Gasteiger partial charge in [-0.25, -0.2) is 9.69 Å². The Labute approximate surface area is 194 Å². The molecule has 0 aromatic heterocycles. The van der Waals surface area contributed by atoms with E-state index < -0.39 is 30.3 Å². The molecule has 5 rings (SSSR count). The van der Waals surface area contributed by atoms with Gasteiger partial charge in [-0.05, 0) is 53.9 Å². The molecule has 0 fully saturated rings. The maximum atomic E-state index is 13.1. The smallest absolute Gasteiger partial charge is 0.338 e. The van der Waals surface area contributed by atoms with E-state index in [1.165, 1.54) is 24.3 Å². The van der Waals surface area contributed by atoms with Crippen molar-refractivity contribution in [3.05, 3.63) is 108 Å². The van der Waals surface area contributed by atoms with E-state index >= 15 is 0 Å². The van der Waals surface area contributed by atoms with Crippen LogP contribution in [0.15, 0.2) is 91.0 Å². The maximum absolute atomic E-state index is 13.1. The molecule has 166 valence electrons. The molecule has 34 heavy (non-hydrogen) atoms. The van der Waals surface area contributed by atoms with E-state index in [4.69, 9.17) is 4.74 Å². The molecule has 0 radical (unpaired) electrons. The second-order valence-corrected chi connectivity index (χ2v) is 7.69. The van der Waals surface area contributed by atoms with Crippen LogP contribution in [-0.2, 0) is 9.53 Å². The number of ether oxygens (including phenoxy) is 1. The van der Waals surface area contributed by atoms with Crippen molar-refractivity contribution in [3.8, 4) is 0 Å². The number of hydrogen-bond acceptors (Lipinski definition) is 5. The van der Waals surface area contributed by atoms with E-state index in [1.807, 2.05) is 18.2 Å². The van der Waals surface area contributed by atoms with E-state index in [-0.39, 0.29) is 5.56 Å². The fourth-order valence-electron chi connectivity index (χ4n) is 3.94.